The predicted octanol–water partition coefficient (Wildman–Crippen LogP) is 3.57. The molecular formula is C15H23O5P. The smallest absolute Gasteiger partial charge is 0.334 e. The summed E-state index contributed by atoms with van der Waals surface area (Å²) >= 11 is 0. The second-order valence-corrected chi connectivity index (χ2v) is 7.12. The Labute approximate surface area is 126 Å². The molecule has 0 bridgehead atoms. The normalized spacial score (nSPS) is 17.4. The molecule has 1 atom stereocenters. The Morgan fingerprint density at radius 3 is 2.52 bits per heavy atom. The average molecular weight is 314 g/mol. The Kier molecular flexibility index (Phi) is 5.31. The molecule has 6 heteroatoms. The molecule has 1 aliphatic rings. The number of fused-ring (bicyclic) bond motifs is 1. The molecule has 0 fully saturated rings. The highest BCUT2D eigenvalue weighted by Crippen LogP contribution is 2.51. The Morgan fingerprint density at radius 2 is 1.95 bits per heavy atom. The summed E-state index contributed by atoms with van der Waals surface area (Å²) < 4.78 is 34.6. The summed E-state index contributed by atoms with van der Waals surface area (Å²) in [6.07, 6.45) is 0.703. The van der Waals surface area contributed by atoms with Crippen LogP contribution in [0.3, 0.4) is 0 Å². The van der Waals surface area contributed by atoms with Gasteiger partial charge in [-0.15, -0.1) is 0 Å². The van der Waals surface area contributed by atoms with Gasteiger partial charge in [-0.25, -0.2) is 0 Å². The van der Waals surface area contributed by atoms with Crippen LogP contribution in [0.5, 0.6) is 11.5 Å². The van der Waals surface area contributed by atoms with Crippen molar-refractivity contribution in [3.05, 3.63) is 23.3 Å². The van der Waals surface area contributed by atoms with Gasteiger partial charge in [0.2, 0.25) is 0 Å². The monoisotopic (exact) mass is 314 g/mol. The quantitative estimate of drug-likeness (QED) is 0.720. The molecule has 0 saturated carbocycles. The standard InChI is InChI=1S/C15H23O5P/c1-5-18-21(16,19-6-2)10-12-9-13-14(17-4)7-11(3)8-15(13)20-12/h7-8,12H,5-6,9-10H2,1-4H3. The first-order chi connectivity index (χ1) is 10.0. The summed E-state index contributed by atoms with van der Waals surface area (Å²) in [4.78, 5) is 0. The van der Waals surface area contributed by atoms with Crippen molar-refractivity contribution in [2.75, 3.05) is 26.5 Å². The lowest BCUT2D eigenvalue weighted by Crippen LogP contribution is -2.20. The molecule has 118 valence electrons. The lowest BCUT2D eigenvalue weighted by molar-refractivity contribution is 0.196. The molecular weight excluding hydrogens is 291 g/mol. The van der Waals surface area contributed by atoms with E-state index in [1.807, 2.05) is 32.9 Å². The van der Waals surface area contributed by atoms with Crippen LogP contribution in [0.15, 0.2) is 12.1 Å². The Morgan fingerprint density at radius 1 is 1.29 bits per heavy atom. The maximum Gasteiger partial charge on any atom is 0.334 e. The number of hydrogen-bond donors (Lipinski definition) is 0. The van der Waals surface area contributed by atoms with E-state index in [9.17, 15) is 4.57 Å². The number of methoxy groups -OCH3 is 1. The largest absolute Gasteiger partial charge is 0.496 e. The second-order valence-electron chi connectivity index (χ2n) is 5.02. The van der Waals surface area contributed by atoms with Crippen LogP contribution in [0.2, 0.25) is 0 Å². The van der Waals surface area contributed by atoms with Gasteiger partial charge in [0.1, 0.15) is 17.6 Å². The fourth-order valence-electron chi connectivity index (χ4n) is 2.58. The summed E-state index contributed by atoms with van der Waals surface area (Å²) in [5.74, 6) is 1.62. The van der Waals surface area contributed by atoms with Crippen LogP contribution in [0, 0.1) is 6.92 Å². The van der Waals surface area contributed by atoms with E-state index in [4.69, 9.17) is 18.5 Å². The zero-order valence-electron chi connectivity index (χ0n) is 13.0. The first kappa shape index (κ1) is 16.3. The Balaban J connectivity index is 2.14. The Bertz CT molecular complexity index is 533. The SMILES string of the molecule is CCOP(=O)(CC1Cc2c(OC)cc(C)cc2O1)OCC. The van der Waals surface area contributed by atoms with Gasteiger partial charge in [0, 0.05) is 12.0 Å². The summed E-state index contributed by atoms with van der Waals surface area (Å²) in [5, 5.41) is 0. The molecule has 0 amide bonds. The number of ether oxygens (including phenoxy) is 2. The van der Waals surface area contributed by atoms with Crippen molar-refractivity contribution in [1.29, 1.82) is 0 Å². The van der Waals surface area contributed by atoms with Crippen molar-refractivity contribution < 1.29 is 23.1 Å². The minimum atomic E-state index is -3.10. The maximum absolute atomic E-state index is 12.6. The molecule has 1 aromatic carbocycles. The van der Waals surface area contributed by atoms with E-state index in [2.05, 4.69) is 0 Å². The van der Waals surface area contributed by atoms with Gasteiger partial charge < -0.3 is 18.5 Å². The molecule has 1 aromatic rings. The highest BCUT2D eigenvalue weighted by Gasteiger charge is 2.35. The van der Waals surface area contributed by atoms with E-state index in [1.54, 1.807) is 7.11 Å². The van der Waals surface area contributed by atoms with Gasteiger partial charge in [-0.2, -0.15) is 0 Å². The zero-order chi connectivity index (χ0) is 15.5. The number of hydrogen-bond acceptors (Lipinski definition) is 5. The van der Waals surface area contributed by atoms with E-state index >= 15 is 0 Å². The molecule has 1 aliphatic heterocycles. The van der Waals surface area contributed by atoms with Gasteiger partial charge in [0.15, 0.2) is 0 Å². The molecule has 0 aromatic heterocycles. The predicted molar refractivity (Wildman–Crippen MR) is 81.6 cm³/mol. The third kappa shape index (κ3) is 3.79. The fraction of sp³-hybridized carbons (Fsp3) is 0.600. The third-order valence-electron chi connectivity index (χ3n) is 3.34. The van der Waals surface area contributed by atoms with Gasteiger partial charge >= 0.3 is 7.60 Å². The lowest BCUT2D eigenvalue weighted by atomic mass is 10.1. The molecule has 21 heavy (non-hydrogen) atoms. The second kappa shape index (κ2) is 6.82. The topological polar surface area (TPSA) is 54.0 Å². The molecule has 2 rings (SSSR count). The molecule has 0 radical (unpaired) electrons. The molecule has 0 N–H and O–H groups in total. The summed E-state index contributed by atoms with van der Waals surface area (Å²) in [6.45, 7) is 6.33. The van der Waals surface area contributed by atoms with E-state index in [0.29, 0.717) is 19.6 Å². The molecule has 0 saturated heterocycles. The summed E-state index contributed by atoms with van der Waals surface area (Å²) in [6, 6.07) is 3.96. The van der Waals surface area contributed by atoms with Gasteiger partial charge in [0.25, 0.3) is 0 Å². The minimum absolute atomic E-state index is 0.209. The zero-order valence-corrected chi connectivity index (χ0v) is 13.9. The number of rotatable bonds is 7. The lowest BCUT2D eigenvalue weighted by Gasteiger charge is -2.20. The molecule has 1 heterocycles. The first-order valence-electron chi connectivity index (χ1n) is 7.23. The third-order valence-corrected chi connectivity index (χ3v) is 5.49. The van der Waals surface area contributed by atoms with Crippen molar-refractivity contribution in [2.45, 2.75) is 33.3 Å². The van der Waals surface area contributed by atoms with Gasteiger partial charge in [-0.1, -0.05) is 0 Å². The number of benzene rings is 1. The van der Waals surface area contributed by atoms with E-state index < -0.39 is 7.60 Å². The van der Waals surface area contributed by atoms with Crippen LogP contribution in [0.1, 0.15) is 25.0 Å². The first-order valence-corrected chi connectivity index (χ1v) is 8.96. The molecule has 0 spiro atoms. The van der Waals surface area contributed by atoms with Crippen LogP contribution in [0.4, 0.5) is 0 Å². The molecule has 5 nitrogen and oxygen atoms in total. The van der Waals surface area contributed by atoms with Gasteiger partial charge in [-0.3, -0.25) is 4.57 Å². The summed E-state index contributed by atoms with van der Waals surface area (Å²) in [5.41, 5.74) is 2.09. The van der Waals surface area contributed by atoms with E-state index in [0.717, 1.165) is 22.6 Å². The van der Waals surface area contributed by atoms with Crippen LogP contribution < -0.4 is 9.47 Å². The van der Waals surface area contributed by atoms with Crippen molar-refractivity contribution in [3.8, 4) is 11.5 Å². The molecule has 0 aliphatic carbocycles. The van der Waals surface area contributed by atoms with E-state index in [-0.39, 0.29) is 12.3 Å². The van der Waals surface area contributed by atoms with Gasteiger partial charge in [-0.05, 0) is 38.5 Å². The number of aryl methyl sites for hydroxylation is 1. The van der Waals surface area contributed by atoms with E-state index in [1.165, 1.54) is 0 Å². The van der Waals surface area contributed by atoms with Crippen molar-refractivity contribution in [2.24, 2.45) is 0 Å². The Hall–Kier alpha value is -1.03. The van der Waals surface area contributed by atoms with Crippen LogP contribution >= 0.6 is 7.60 Å². The van der Waals surface area contributed by atoms with Crippen molar-refractivity contribution in [3.63, 3.8) is 0 Å². The van der Waals surface area contributed by atoms with Crippen LogP contribution in [0.25, 0.3) is 0 Å². The highest BCUT2D eigenvalue weighted by atomic mass is 31.2. The van der Waals surface area contributed by atoms with Crippen molar-refractivity contribution >= 4 is 7.60 Å². The molecule has 1 unspecified atom stereocenters. The van der Waals surface area contributed by atoms with Gasteiger partial charge in [0.05, 0.1) is 26.5 Å². The van der Waals surface area contributed by atoms with Crippen molar-refractivity contribution in [1.82, 2.24) is 0 Å². The minimum Gasteiger partial charge on any atom is -0.496 e. The average Bonchev–Trinajstić information content (AvgIpc) is 2.79. The van der Waals surface area contributed by atoms with Crippen LogP contribution in [-0.4, -0.2) is 32.6 Å². The van der Waals surface area contributed by atoms with Crippen LogP contribution in [-0.2, 0) is 20.0 Å². The maximum atomic E-state index is 12.6. The summed E-state index contributed by atoms with van der Waals surface area (Å²) in [7, 11) is -1.45. The highest BCUT2D eigenvalue weighted by molar-refractivity contribution is 7.53. The fourth-order valence-corrected chi connectivity index (χ4v) is 4.35.